The maximum Gasteiger partial charge on any atom is 0.367 e. The van der Waals surface area contributed by atoms with Gasteiger partial charge in [-0.15, -0.1) is 0 Å². The number of rotatable bonds is 4. The molecule has 0 aliphatic carbocycles. The fraction of sp³-hybridized carbons (Fsp3) is 0.600. The van der Waals surface area contributed by atoms with Crippen LogP contribution >= 0.6 is 11.6 Å². The van der Waals surface area contributed by atoms with Crippen molar-refractivity contribution in [2.45, 2.75) is 25.4 Å². The molecule has 1 unspecified atom stereocenters. The lowest BCUT2D eigenvalue weighted by atomic mass is 10.1. The first-order valence-electron chi connectivity index (χ1n) is 5.58. The number of nitro groups is 1. The third-order valence-electron chi connectivity index (χ3n) is 2.61. The molecule has 0 N–H and O–H groups in total. The topological polar surface area (TPSA) is 87.4 Å². The van der Waals surface area contributed by atoms with Gasteiger partial charge in [-0.3, -0.25) is 10.1 Å². The minimum atomic E-state index is -0.653. The van der Waals surface area contributed by atoms with Crippen LogP contribution in [-0.2, 0) is 4.74 Å². The highest BCUT2D eigenvalue weighted by Gasteiger charge is 2.24. The molecule has 0 spiro atoms. The smallest absolute Gasteiger partial charge is 0.367 e. The summed E-state index contributed by atoms with van der Waals surface area (Å²) in [7, 11) is 0. The molecule has 2 heterocycles. The first-order chi connectivity index (χ1) is 8.68. The molecular weight excluding hydrogens is 262 g/mol. The van der Waals surface area contributed by atoms with E-state index in [1.54, 1.807) is 0 Å². The molecule has 1 atom stereocenters. The van der Waals surface area contributed by atoms with Crippen LogP contribution in [0.15, 0.2) is 6.33 Å². The van der Waals surface area contributed by atoms with Crippen LogP contribution in [0.2, 0.25) is 5.15 Å². The molecule has 7 nitrogen and oxygen atoms in total. The van der Waals surface area contributed by atoms with E-state index < -0.39 is 10.6 Å². The predicted molar refractivity (Wildman–Crippen MR) is 62.8 cm³/mol. The maximum atomic E-state index is 10.8. The Labute approximate surface area is 108 Å². The number of hydrogen-bond donors (Lipinski definition) is 0. The van der Waals surface area contributed by atoms with Crippen molar-refractivity contribution in [1.29, 1.82) is 0 Å². The summed E-state index contributed by atoms with van der Waals surface area (Å²) < 4.78 is 10.8. The fourth-order valence-corrected chi connectivity index (χ4v) is 1.91. The minimum absolute atomic E-state index is 0.0490. The molecule has 1 aromatic rings. The van der Waals surface area contributed by atoms with Gasteiger partial charge in [-0.1, -0.05) is 11.6 Å². The average Bonchev–Trinajstić information content (AvgIpc) is 2.37. The summed E-state index contributed by atoms with van der Waals surface area (Å²) in [5.74, 6) is -0.117. The SMILES string of the molecule is O=[N+]([O-])c1c(Cl)ncnc1OCC1CCCCO1. The number of ether oxygens (including phenoxy) is 2. The molecule has 1 aliphatic heterocycles. The van der Waals surface area contributed by atoms with Gasteiger partial charge in [0.1, 0.15) is 12.9 Å². The van der Waals surface area contributed by atoms with Gasteiger partial charge >= 0.3 is 5.69 Å². The Morgan fingerprint density at radius 2 is 2.39 bits per heavy atom. The van der Waals surface area contributed by atoms with Gasteiger partial charge in [-0.2, -0.15) is 4.98 Å². The third kappa shape index (κ3) is 3.05. The van der Waals surface area contributed by atoms with Crippen LogP contribution in [0.3, 0.4) is 0 Å². The van der Waals surface area contributed by atoms with E-state index in [1.165, 1.54) is 0 Å². The number of aromatic nitrogens is 2. The van der Waals surface area contributed by atoms with Gasteiger partial charge in [0.05, 0.1) is 11.0 Å². The van der Waals surface area contributed by atoms with Gasteiger partial charge in [-0.05, 0) is 19.3 Å². The van der Waals surface area contributed by atoms with Crippen LogP contribution in [0.25, 0.3) is 0 Å². The minimum Gasteiger partial charge on any atom is -0.470 e. The van der Waals surface area contributed by atoms with Crippen molar-refractivity contribution in [1.82, 2.24) is 9.97 Å². The summed E-state index contributed by atoms with van der Waals surface area (Å²) in [6.45, 7) is 0.925. The largest absolute Gasteiger partial charge is 0.470 e. The maximum absolute atomic E-state index is 10.8. The Kier molecular flexibility index (Phi) is 4.27. The molecule has 1 aromatic heterocycles. The molecule has 8 heteroatoms. The number of halogens is 1. The molecule has 0 saturated carbocycles. The summed E-state index contributed by atoms with van der Waals surface area (Å²) in [4.78, 5) is 17.5. The van der Waals surface area contributed by atoms with Crippen molar-refractivity contribution < 1.29 is 14.4 Å². The monoisotopic (exact) mass is 273 g/mol. The summed E-state index contributed by atoms with van der Waals surface area (Å²) in [5, 5.41) is 10.6. The highest BCUT2D eigenvalue weighted by molar-refractivity contribution is 6.31. The van der Waals surface area contributed by atoms with Gasteiger partial charge in [0, 0.05) is 6.61 Å². The van der Waals surface area contributed by atoms with E-state index in [9.17, 15) is 10.1 Å². The van der Waals surface area contributed by atoms with E-state index in [1.807, 2.05) is 0 Å². The zero-order chi connectivity index (χ0) is 13.0. The van der Waals surface area contributed by atoms with Crippen LogP contribution in [0.4, 0.5) is 5.69 Å². The molecule has 0 amide bonds. The summed E-state index contributed by atoms with van der Waals surface area (Å²) in [5.41, 5.74) is -0.407. The average molecular weight is 274 g/mol. The molecule has 1 saturated heterocycles. The Hall–Kier alpha value is -1.47. The van der Waals surface area contributed by atoms with Crippen molar-refractivity contribution >= 4 is 17.3 Å². The van der Waals surface area contributed by atoms with Crippen LogP contribution in [-0.4, -0.2) is 34.2 Å². The highest BCUT2D eigenvalue weighted by atomic mass is 35.5. The zero-order valence-electron chi connectivity index (χ0n) is 9.54. The van der Waals surface area contributed by atoms with Crippen LogP contribution < -0.4 is 4.74 Å². The molecule has 0 aromatic carbocycles. The second-order valence-corrected chi connectivity index (χ2v) is 4.23. The van der Waals surface area contributed by atoms with Crippen LogP contribution in [0.5, 0.6) is 5.88 Å². The Morgan fingerprint density at radius 1 is 1.56 bits per heavy atom. The molecule has 1 fully saturated rings. The first-order valence-corrected chi connectivity index (χ1v) is 5.95. The molecular formula is C10H12ClN3O4. The Morgan fingerprint density at radius 3 is 3.06 bits per heavy atom. The Balaban J connectivity index is 2.04. The van der Waals surface area contributed by atoms with Crippen LogP contribution in [0.1, 0.15) is 19.3 Å². The van der Waals surface area contributed by atoms with Crippen molar-refractivity contribution in [3.05, 3.63) is 21.6 Å². The van der Waals surface area contributed by atoms with Crippen molar-refractivity contribution in [3.8, 4) is 5.88 Å². The predicted octanol–water partition coefficient (Wildman–Crippen LogP) is 1.99. The Bertz CT molecular complexity index is 437. The summed E-state index contributed by atoms with van der Waals surface area (Å²) >= 11 is 5.64. The van der Waals surface area contributed by atoms with E-state index in [-0.39, 0.29) is 23.7 Å². The molecule has 98 valence electrons. The van der Waals surface area contributed by atoms with Crippen molar-refractivity contribution in [2.75, 3.05) is 13.2 Å². The standard InChI is InChI=1S/C10H12ClN3O4/c11-9-8(14(15)16)10(13-6-12-9)18-5-7-3-1-2-4-17-7/h6-7H,1-5H2. The summed E-state index contributed by atoms with van der Waals surface area (Å²) in [6.07, 6.45) is 4.07. The first kappa shape index (κ1) is 13.0. The molecule has 0 bridgehead atoms. The lowest BCUT2D eigenvalue weighted by Crippen LogP contribution is -2.26. The van der Waals surface area contributed by atoms with Gasteiger partial charge in [0.2, 0.25) is 5.15 Å². The molecule has 18 heavy (non-hydrogen) atoms. The van der Waals surface area contributed by atoms with Crippen LogP contribution in [0, 0.1) is 10.1 Å². The zero-order valence-corrected chi connectivity index (χ0v) is 10.3. The van der Waals surface area contributed by atoms with E-state index in [0.717, 1.165) is 25.6 Å². The van der Waals surface area contributed by atoms with Gasteiger partial charge in [-0.25, -0.2) is 4.98 Å². The molecule has 2 rings (SSSR count). The van der Waals surface area contributed by atoms with E-state index in [2.05, 4.69) is 9.97 Å². The number of hydrogen-bond acceptors (Lipinski definition) is 6. The van der Waals surface area contributed by atoms with E-state index in [0.29, 0.717) is 6.61 Å². The van der Waals surface area contributed by atoms with Crippen molar-refractivity contribution in [3.63, 3.8) is 0 Å². The molecule has 1 aliphatic rings. The van der Waals surface area contributed by atoms with Crippen molar-refractivity contribution in [2.24, 2.45) is 0 Å². The lowest BCUT2D eigenvalue weighted by Gasteiger charge is -2.22. The van der Waals surface area contributed by atoms with Gasteiger partial charge < -0.3 is 9.47 Å². The van der Waals surface area contributed by atoms with E-state index in [4.69, 9.17) is 21.1 Å². The third-order valence-corrected chi connectivity index (χ3v) is 2.88. The number of nitrogens with zero attached hydrogens (tertiary/aromatic N) is 3. The van der Waals surface area contributed by atoms with Gasteiger partial charge in [0.25, 0.3) is 5.88 Å². The highest BCUT2D eigenvalue weighted by Crippen LogP contribution is 2.30. The quantitative estimate of drug-likeness (QED) is 0.473. The van der Waals surface area contributed by atoms with E-state index >= 15 is 0 Å². The summed E-state index contributed by atoms with van der Waals surface area (Å²) in [6, 6.07) is 0. The molecule has 0 radical (unpaired) electrons. The second kappa shape index (κ2) is 5.92. The normalized spacial score (nSPS) is 19.5. The lowest BCUT2D eigenvalue weighted by molar-refractivity contribution is -0.386. The fourth-order valence-electron chi connectivity index (χ4n) is 1.71. The van der Waals surface area contributed by atoms with Gasteiger partial charge in [0.15, 0.2) is 0 Å². The second-order valence-electron chi connectivity index (χ2n) is 3.87.